The van der Waals surface area contributed by atoms with Crippen molar-refractivity contribution >= 4 is 62.5 Å². The summed E-state index contributed by atoms with van der Waals surface area (Å²) in [6, 6.07) is 6.74. The number of nitrogens with zero attached hydrogens (tertiary/aromatic N) is 4. The number of hydrogen-bond donors (Lipinski definition) is 4. The van der Waals surface area contributed by atoms with Crippen molar-refractivity contribution in [1.29, 1.82) is 0 Å². The second-order valence-electron chi connectivity index (χ2n) is 9.70. The number of aromatic nitrogens is 3. The minimum absolute atomic E-state index is 0.145. The lowest BCUT2D eigenvalue weighted by Gasteiger charge is -2.44. The molecule has 1 unspecified atom stereocenters. The summed E-state index contributed by atoms with van der Waals surface area (Å²) >= 11 is 4.65. The molecule has 0 bridgehead atoms. The summed E-state index contributed by atoms with van der Waals surface area (Å²) in [7, 11) is 0. The minimum Gasteiger partial charge on any atom is -0.492 e. The minimum atomic E-state index is -1.25. The van der Waals surface area contributed by atoms with Gasteiger partial charge in [0, 0.05) is 9.22 Å². The molecule has 2 aliphatic rings. The first kappa shape index (κ1) is 26.8. The third-order valence-electron chi connectivity index (χ3n) is 6.63. The Morgan fingerprint density at radius 3 is 2.51 bits per heavy atom. The van der Waals surface area contributed by atoms with Gasteiger partial charge in [0.25, 0.3) is 5.91 Å². The van der Waals surface area contributed by atoms with Crippen LogP contribution in [0.15, 0.2) is 40.9 Å². The van der Waals surface area contributed by atoms with Crippen LogP contribution in [0.1, 0.15) is 41.6 Å². The molecule has 3 amide bonds. The van der Waals surface area contributed by atoms with Crippen LogP contribution in [0.2, 0.25) is 0 Å². The van der Waals surface area contributed by atoms with Gasteiger partial charge in [-0.25, -0.2) is 14.8 Å². The molecule has 2 fully saturated rings. The van der Waals surface area contributed by atoms with E-state index in [2.05, 4.69) is 41.5 Å². The second-order valence-corrected chi connectivity index (χ2v) is 12.3. The van der Waals surface area contributed by atoms with Crippen LogP contribution in [0.25, 0.3) is 11.2 Å². The number of carbonyl (C=O) groups is 4. The molecule has 0 spiro atoms. The van der Waals surface area contributed by atoms with Crippen molar-refractivity contribution in [3.05, 3.63) is 57.8 Å². The maximum atomic E-state index is 13.5. The highest BCUT2D eigenvalue weighted by atomic mass is 79.9. The standard InChI is InChI=1S/C25H23BrN6O6S/c1-10-12(26)9-13-18(27-10)31-21(35)15(28-13)20(34)29-14(11-7-5-4-6-8-11)19(33)30-16-22(36)32-17(24(37)38)25(2,3)39-23(16)32/h4-9,14,16-17,23H,1-3H3,(H,29,34)(H,30,33)(H,37,38)(H,27,31,35)/t14?,16-,17+,23-/m1/s1. The largest absolute Gasteiger partial charge is 0.492 e. The molecular formula is C25H23BrN6O6S. The van der Waals surface area contributed by atoms with E-state index in [4.69, 9.17) is 0 Å². The first-order valence-electron chi connectivity index (χ1n) is 11.8. The normalized spacial score (nSPS) is 22.1. The maximum Gasteiger partial charge on any atom is 0.327 e. The molecule has 4 N–H and O–H groups in total. The van der Waals surface area contributed by atoms with E-state index in [1.165, 1.54) is 16.7 Å². The van der Waals surface area contributed by atoms with Gasteiger partial charge < -0.3 is 25.7 Å². The van der Waals surface area contributed by atoms with Crippen molar-refractivity contribution in [3.8, 4) is 5.88 Å². The van der Waals surface area contributed by atoms with E-state index in [0.717, 1.165) is 0 Å². The summed E-state index contributed by atoms with van der Waals surface area (Å²) in [6.07, 6.45) is 0. The maximum absolute atomic E-state index is 13.5. The van der Waals surface area contributed by atoms with Gasteiger partial charge in [-0.2, -0.15) is 4.98 Å². The quantitative estimate of drug-likeness (QED) is 0.300. The predicted octanol–water partition coefficient (Wildman–Crippen LogP) is 1.90. The zero-order valence-corrected chi connectivity index (χ0v) is 23.3. The highest BCUT2D eigenvalue weighted by molar-refractivity contribution is 9.10. The Morgan fingerprint density at radius 1 is 1.15 bits per heavy atom. The number of fused-ring (bicyclic) bond motifs is 2. The van der Waals surface area contributed by atoms with Gasteiger partial charge in [0.05, 0.1) is 5.69 Å². The van der Waals surface area contributed by atoms with Crippen molar-refractivity contribution in [2.24, 2.45) is 0 Å². The molecule has 0 aliphatic carbocycles. The Balaban J connectivity index is 1.40. The van der Waals surface area contributed by atoms with Crippen molar-refractivity contribution < 1.29 is 29.4 Å². The number of aryl methyl sites for hydroxylation is 1. The summed E-state index contributed by atoms with van der Waals surface area (Å²) in [5.41, 5.74) is 1.04. The number of nitrogens with one attached hydrogen (secondary N) is 2. The number of hydrogen-bond acceptors (Lipinski definition) is 9. The molecular weight excluding hydrogens is 592 g/mol. The number of rotatable bonds is 6. The number of carbonyl (C=O) groups excluding carboxylic acids is 3. The zero-order valence-electron chi connectivity index (χ0n) is 20.9. The van der Waals surface area contributed by atoms with E-state index in [1.807, 2.05) is 0 Å². The molecule has 4 heterocycles. The van der Waals surface area contributed by atoms with Gasteiger partial charge in [0.15, 0.2) is 11.3 Å². The molecule has 39 heavy (non-hydrogen) atoms. The van der Waals surface area contributed by atoms with E-state index in [-0.39, 0.29) is 11.2 Å². The van der Waals surface area contributed by atoms with Crippen molar-refractivity contribution in [1.82, 2.24) is 30.5 Å². The first-order chi connectivity index (χ1) is 18.4. The van der Waals surface area contributed by atoms with Crippen molar-refractivity contribution in [2.45, 2.75) is 49.0 Å². The van der Waals surface area contributed by atoms with Crippen LogP contribution in [0.5, 0.6) is 5.88 Å². The topological polar surface area (TPSA) is 175 Å². The average Bonchev–Trinajstić information content (AvgIpc) is 3.14. The van der Waals surface area contributed by atoms with Crippen LogP contribution >= 0.6 is 27.7 Å². The number of aliphatic carboxylic acids is 1. The summed E-state index contributed by atoms with van der Waals surface area (Å²) in [5, 5.41) is 24.8. The van der Waals surface area contributed by atoms with E-state index in [9.17, 15) is 29.4 Å². The Bertz CT molecular complexity index is 1540. The Labute approximate surface area is 234 Å². The fourth-order valence-electron chi connectivity index (χ4n) is 4.73. The number of amides is 3. The fourth-order valence-corrected chi connectivity index (χ4v) is 6.66. The van der Waals surface area contributed by atoms with E-state index >= 15 is 0 Å². The highest BCUT2D eigenvalue weighted by Gasteiger charge is 2.64. The molecule has 0 radical (unpaired) electrons. The summed E-state index contributed by atoms with van der Waals surface area (Å²) in [6.45, 7) is 5.21. The molecule has 5 rings (SSSR count). The number of β-lactam (4-membered cyclic amide) rings is 1. The first-order valence-corrected chi connectivity index (χ1v) is 13.5. The van der Waals surface area contributed by atoms with Gasteiger partial charge >= 0.3 is 5.97 Å². The number of thioether (sulfide) groups is 1. The van der Waals surface area contributed by atoms with Gasteiger partial charge in [-0.05, 0) is 48.3 Å². The van der Waals surface area contributed by atoms with Crippen LogP contribution in [0, 0.1) is 6.92 Å². The van der Waals surface area contributed by atoms with Gasteiger partial charge in [0.1, 0.15) is 29.0 Å². The lowest BCUT2D eigenvalue weighted by Crippen LogP contribution is -2.71. The van der Waals surface area contributed by atoms with Gasteiger partial charge in [0.2, 0.25) is 17.7 Å². The number of aromatic hydroxyl groups is 1. The van der Waals surface area contributed by atoms with E-state index < -0.39 is 63.5 Å². The van der Waals surface area contributed by atoms with Gasteiger partial charge in [-0.15, -0.1) is 11.8 Å². The summed E-state index contributed by atoms with van der Waals surface area (Å²) in [4.78, 5) is 65.1. The number of halogens is 1. The van der Waals surface area contributed by atoms with E-state index in [1.54, 1.807) is 57.2 Å². The zero-order chi connectivity index (χ0) is 28.2. The molecule has 2 saturated heterocycles. The summed E-state index contributed by atoms with van der Waals surface area (Å²) < 4.78 is -0.118. The highest BCUT2D eigenvalue weighted by Crippen LogP contribution is 2.50. The summed E-state index contributed by atoms with van der Waals surface area (Å²) in [5.74, 6) is -3.83. The second kappa shape index (κ2) is 9.75. The number of benzene rings is 1. The van der Waals surface area contributed by atoms with Crippen molar-refractivity contribution in [3.63, 3.8) is 0 Å². The van der Waals surface area contributed by atoms with E-state index in [0.29, 0.717) is 15.7 Å². The van der Waals surface area contributed by atoms with Crippen LogP contribution in [-0.2, 0) is 14.4 Å². The van der Waals surface area contributed by atoms with Crippen LogP contribution in [0.4, 0.5) is 0 Å². The monoisotopic (exact) mass is 614 g/mol. The number of carboxylic acid groups (broad SMARTS) is 1. The Kier molecular flexibility index (Phi) is 6.71. The molecule has 3 aromatic rings. The predicted molar refractivity (Wildman–Crippen MR) is 144 cm³/mol. The molecule has 202 valence electrons. The lowest BCUT2D eigenvalue weighted by molar-refractivity contribution is -0.161. The molecule has 12 nitrogen and oxygen atoms in total. The molecule has 0 saturated carbocycles. The SMILES string of the molecule is Cc1nc2nc(O)c(C(=O)NC(C(=O)N[C@@H]3C(=O)N4[C@@H]3SC(C)(C)[C@@H]4C(=O)O)c3ccccc3)nc2cc1Br. The van der Waals surface area contributed by atoms with Crippen LogP contribution in [-0.4, -0.2) is 76.0 Å². The smallest absolute Gasteiger partial charge is 0.327 e. The third-order valence-corrected chi connectivity index (χ3v) is 9.00. The third kappa shape index (κ3) is 4.67. The van der Waals surface area contributed by atoms with Gasteiger partial charge in [-0.1, -0.05) is 30.3 Å². The number of pyridine rings is 1. The molecule has 1 aromatic carbocycles. The number of carboxylic acids is 1. The molecule has 4 atom stereocenters. The molecule has 2 aromatic heterocycles. The lowest BCUT2D eigenvalue weighted by atomic mass is 9.95. The van der Waals surface area contributed by atoms with Crippen LogP contribution in [0.3, 0.4) is 0 Å². The van der Waals surface area contributed by atoms with Gasteiger partial charge in [-0.3, -0.25) is 14.4 Å². The fraction of sp³-hybridized carbons (Fsp3) is 0.320. The molecule has 14 heteroatoms. The average molecular weight is 615 g/mol. The Morgan fingerprint density at radius 2 is 1.85 bits per heavy atom. The van der Waals surface area contributed by atoms with Crippen molar-refractivity contribution in [2.75, 3.05) is 0 Å². The van der Waals surface area contributed by atoms with Crippen LogP contribution < -0.4 is 10.6 Å². The molecule has 2 aliphatic heterocycles. The Hall–Kier alpha value is -3.78.